The number of thiophene rings is 1. The quantitative estimate of drug-likeness (QED) is 0.720. The number of ether oxygens (including phenoxy) is 1. The van der Waals surface area contributed by atoms with Crippen LogP contribution in [0.25, 0.3) is 0 Å². The molecule has 1 unspecified atom stereocenters. The van der Waals surface area contributed by atoms with Crippen LogP contribution in [0.4, 0.5) is 4.79 Å². The summed E-state index contributed by atoms with van der Waals surface area (Å²) >= 11 is 4.46. The fourth-order valence-electron chi connectivity index (χ4n) is 2.57. The topological polar surface area (TPSA) is 66.9 Å². The largest absolute Gasteiger partial charge is 0.444 e. The van der Waals surface area contributed by atoms with Gasteiger partial charge in [0, 0.05) is 26.2 Å². The summed E-state index contributed by atoms with van der Waals surface area (Å²) in [5, 5.41) is 0. The molecule has 0 bridgehead atoms. The molecule has 0 radical (unpaired) electrons. The molecule has 1 fully saturated rings. The molecule has 0 spiro atoms. The fourth-order valence-corrected chi connectivity index (χ4v) is 6.00. The second-order valence-corrected chi connectivity index (χ2v) is 11.5. The van der Waals surface area contributed by atoms with Gasteiger partial charge >= 0.3 is 6.09 Å². The number of likely N-dealkylation sites (tertiary alicyclic amines) is 1. The second-order valence-electron chi connectivity index (χ2n) is 6.81. The molecule has 1 aliphatic heterocycles. The maximum absolute atomic E-state index is 12.6. The summed E-state index contributed by atoms with van der Waals surface area (Å²) in [5.74, 6) is 0. The molecular weight excluding hydrogens is 416 g/mol. The highest BCUT2D eigenvalue weighted by Gasteiger charge is 2.35. The van der Waals surface area contributed by atoms with E-state index in [4.69, 9.17) is 4.74 Å². The summed E-state index contributed by atoms with van der Waals surface area (Å²) < 4.78 is 33.0. The molecule has 2 rings (SSSR count). The Bertz CT molecular complexity index is 697. The first-order chi connectivity index (χ1) is 11.0. The number of amides is 1. The van der Waals surface area contributed by atoms with Crippen LogP contribution in [0.15, 0.2) is 20.1 Å². The van der Waals surface area contributed by atoms with E-state index >= 15 is 0 Å². The average Bonchev–Trinajstić information content (AvgIpc) is 3.05. The lowest BCUT2D eigenvalue weighted by Gasteiger charge is -2.30. The van der Waals surface area contributed by atoms with Crippen LogP contribution in [0.5, 0.6) is 0 Å². The van der Waals surface area contributed by atoms with Crippen molar-refractivity contribution in [2.45, 2.75) is 49.5 Å². The Kier molecular flexibility index (Phi) is 5.99. The van der Waals surface area contributed by atoms with Crippen LogP contribution in [0.2, 0.25) is 0 Å². The maximum Gasteiger partial charge on any atom is 0.410 e. The average molecular weight is 439 g/mol. The van der Waals surface area contributed by atoms with Gasteiger partial charge in [-0.05, 0) is 61.7 Å². The summed E-state index contributed by atoms with van der Waals surface area (Å²) in [7, 11) is -2.00. The van der Waals surface area contributed by atoms with E-state index in [1.807, 2.05) is 20.8 Å². The lowest BCUT2D eigenvalue weighted by molar-refractivity contribution is 0.0216. The highest BCUT2D eigenvalue weighted by molar-refractivity contribution is 9.11. The molecule has 0 aromatic carbocycles. The van der Waals surface area contributed by atoms with Gasteiger partial charge in [0.15, 0.2) is 0 Å². The van der Waals surface area contributed by atoms with Crippen molar-refractivity contribution in [1.29, 1.82) is 0 Å². The van der Waals surface area contributed by atoms with Crippen molar-refractivity contribution in [3.63, 3.8) is 0 Å². The number of hydrogen-bond donors (Lipinski definition) is 0. The van der Waals surface area contributed by atoms with Gasteiger partial charge in [-0.2, -0.15) is 4.31 Å². The number of sulfonamides is 1. The number of carbonyl (C=O) groups excluding carboxylic acids is 1. The van der Waals surface area contributed by atoms with E-state index in [1.165, 1.54) is 15.6 Å². The fraction of sp³-hybridized carbons (Fsp3) is 0.667. The van der Waals surface area contributed by atoms with E-state index in [2.05, 4.69) is 15.9 Å². The smallest absolute Gasteiger partial charge is 0.410 e. The first-order valence-corrected chi connectivity index (χ1v) is 10.8. The first kappa shape index (κ1) is 19.7. The predicted octanol–water partition coefficient (Wildman–Crippen LogP) is 3.53. The molecule has 136 valence electrons. The third-order valence-electron chi connectivity index (χ3n) is 3.69. The Labute approximate surface area is 156 Å². The van der Waals surface area contributed by atoms with Crippen molar-refractivity contribution < 1.29 is 17.9 Å². The van der Waals surface area contributed by atoms with Crippen molar-refractivity contribution in [1.82, 2.24) is 9.21 Å². The molecule has 1 saturated heterocycles. The number of carbonyl (C=O) groups is 1. The summed E-state index contributed by atoms with van der Waals surface area (Å²) in [4.78, 5) is 13.9. The highest BCUT2D eigenvalue weighted by atomic mass is 79.9. The van der Waals surface area contributed by atoms with Crippen LogP contribution in [-0.2, 0) is 14.8 Å². The van der Waals surface area contributed by atoms with E-state index in [1.54, 1.807) is 24.1 Å². The van der Waals surface area contributed by atoms with Gasteiger partial charge in [-0.15, -0.1) is 11.3 Å². The number of rotatable bonds is 4. The van der Waals surface area contributed by atoms with Crippen LogP contribution in [0.3, 0.4) is 0 Å². The van der Waals surface area contributed by atoms with Crippen molar-refractivity contribution in [3.8, 4) is 0 Å². The Morgan fingerprint density at radius 3 is 2.67 bits per heavy atom. The van der Waals surface area contributed by atoms with E-state index in [0.29, 0.717) is 10.8 Å². The van der Waals surface area contributed by atoms with Crippen molar-refractivity contribution in [3.05, 3.63) is 15.9 Å². The molecule has 1 aromatic heterocycles. The zero-order valence-corrected chi connectivity index (χ0v) is 17.5. The van der Waals surface area contributed by atoms with Gasteiger partial charge in [-0.3, -0.25) is 0 Å². The van der Waals surface area contributed by atoms with Crippen LogP contribution < -0.4 is 0 Å². The SMILES string of the molecule is CN(CC1CCCN1C(=O)OC(C)(C)C)S(=O)(=O)c1ccc(Br)s1. The van der Waals surface area contributed by atoms with E-state index < -0.39 is 15.6 Å². The molecule has 9 heteroatoms. The Morgan fingerprint density at radius 1 is 1.46 bits per heavy atom. The van der Waals surface area contributed by atoms with Crippen LogP contribution in [0, 0.1) is 0 Å². The molecule has 0 saturated carbocycles. The van der Waals surface area contributed by atoms with Crippen molar-refractivity contribution in [2.75, 3.05) is 20.1 Å². The lowest BCUT2D eigenvalue weighted by atomic mass is 10.2. The third kappa shape index (κ3) is 4.71. The minimum Gasteiger partial charge on any atom is -0.444 e. The van der Waals surface area contributed by atoms with Crippen molar-refractivity contribution in [2.24, 2.45) is 0 Å². The zero-order chi connectivity index (χ0) is 18.1. The normalized spacial score (nSPS) is 19.1. The van der Waals surface area contributed by atoms with Gasteiger partial charge in [0.05, 0.1) is 3.79 Å². The molecule has 1 atom stereocenters. The van der Waals surface area contributed by atoms with E-state index in [9.17, 15) is 13.2 Å². The van der Waals surface area contributed by atoms with E-state index in [0.717, 1.165) is 16.6 Å². The van der Waals surface area contributed by atoms with Gasteiger partial charge in [-0.25, -0.2) is 13.2 Å². The number of nitrogens with zero attached hydrogens (tertiary/aromatic N) is 2. The summed E-state index contributed by atoms with van der Waals surface area (Å²) in [6, 6.07) is 3.14. The molecule has 0 aliphatic carbocycles. The molecule has 1 aromatic rings. The van der Waals surface area contributed by atoms with Gasteiger partial charge in [0.25, 0.3) is 10.0 Å². The Hall–Kier alpha value is -0.640. The molecule has 1 amide bonds. The maximum atomic E-state index is 12.6. The molecule has 6 nitrogen and oxygen atoms in total. The van der Waals surface area contributed by atoms with Gasteiger partial charge < -0.3 is 9.64 Å². The standard InChI is InChI=1S/C15H23BrN2O4S2/c1-15(2,3)22-14(19)18-9-5-6-11(18)10-17(4)24(20,21)13-8-7-12(16)23-13/h7-8,11H,5-6,9-10H2,1-4H3. The minimum atomic E-state index is -3.55. The summed E-state index contributed by atoms with van der Waals surface area (Å²) in [5.41, 5.74) is -0.564. The third-order valence-corrected chi connectivity index (χ3v) is 7.60. The van der Waals surface area contributed by atoms with Gasteiger partial charge in [0.1, 0.15) is 9.81 Å². The monoisotopic (exact) mass is 438 g/mol. The van der Waals surface area contributed by atoms with Crippen LogP contribution in [-0.4, -0.2) is 55.5 Å². The molecule has 24 heavy (non-hydrogen) atoms. The highest BCUT2D eigenvalue weighted by Crippen LogP contribution is 2.29. The molecule has 0 N–H and O–H groups in total. The summed E-state index contributed by atoms with van der Waals surface area (Å²) in [6.07, 6.45) is 1.24. The molecular formula is C15H23BrN2O4S2. The second kappa shape index (κ2) is 7.31. The first-order valence-electron chi connectivity index (χ1n) is 7.72. The zero-order valence-electron chi connectivity index (χ0n) is 14.3. The van der Waals surface area contributed by atoms with Crippen LogP contribution in [0.1, 0.15) is 33.6 Å². The number of halogens is 1. The lowest BCUT2D eigenvalue weighted by Crippen LogP contribution is -2.45. The van der Waals surface area contributed by atoms with E-state index in [-0.39, 0.29) is 18.7 Å². The van der Waals surface area contributed by atoms with Crippen molar-refractivity contribution >= 4 is 43.4 Å². The van der Waals surface area contributed by atoms with Gasteiger partial charge in [0.2, 0.25) is 0 Å². The van der Waals surface area contributed by atoms with Crippen LogP contribution >= 0.6 is 27.3 Å². The molecule has 2 heterocycles. The Balaban J connectivity index is 2.07. The number of hydrogen-bond acceptors (Lipinski definition) is 5. The van der Waals surface area contributed by atoms with Gasteiger partial charge in [-0.1, -0.05) is 0 Å². The Morgan fingerprint density at radius 2 is 2.12 bits per heavy atom. The number of likely N-dealkylation sites (N-methyl/N-ethyl adjacent to an activating group) is 1. The predicted molar refractivity (Wildman–Crippen MR) is 97.8 cm³/mol. The minimum absolute atomic E-state index is 0.164. The molecule has 1 aliphatic rings. The summed E-state index contributed by atoms with van der Waals surface area (Å²) in [6.45, 7) is 6.32.